The average molecular weight is 507 g/mol. The molecule has 1 amide bonds. The first-order valence-corrected chi connectivity index (χ1v) is 12.7. The number of amides is 1. The van der Waals surface area contributed by atoms with E-state index in [9.17, 15) is 4.79 Å². The van der Waals surface area contributed by atoms with Gasteiger partial charge < -0.3 is 10.1 Å². The van der Waals surface area contributed by atoms with E-state index < -0.39 is 0 Å². The van der Waals surface area contributed by atoms with Gasteiger partial charge in [-0.3, -0.25) is 9.36 Å². The van der Waals surface area contributed by atoms with Crippen LogP contribution in [-0.4, -0.2) is 27.8 Å². The number of methoxy groups -OCH3 is 1. The number of benzene rings is 3. The van der Waals surface area contributed by atoms with E-state index in [1.54, 1.807) is 18.9 Å². The molecular formula is C27H27ClN4O2S. The van der Waals surface area contributed by atoms with Crippen molar-refractivity contribution in [1.29, 1.82) is 0 Å². The molecule has 1 N–H and O–H groups in total. The number of hydrogen-bond donors (Lipinski definition) is 1. The fourth-order valence-corrected chi connectivity index (χ4v) is 4.84. The monoisotopic (exact) mass is 506 g/mol. The van der Waals surface area contributed by atoms with Gasteiger partial charge in [0.15, 0.2) is 5.16 Å². The van der Waals surface area contributed by atoms with Crippen LogP contribution in [0.1, 0.15) is 28.9 Å². The highest BCUT2D eigenvalue weighted by molar-refractivity contribution is 7.98. The smallest absolute Gasteiger partial charge is 0.220 e. The van der Waals surface area contributed by atoms with E-state index in [0.717, 1.165) is 39.1 Å². The van der Waals surface area contributed by atoms with E-state index in [-0.39, 0.29) is 5.91 Å². The first-order chi connectivity index (χ1) is 17.0. The molecule has 0 aliphatic heterocycles. The SMILES string of the molecule is COc1ccccc1CNC(=O)CCc1nnc(SCc2cccc(Cl)c2)n1-c1cccc(C)c1. The van der Waals surface area contributed by atoms with Crippen LogP contribution >= 0.6 is 23.4 Å². The van der Waals surface area contributed by atoms with E-state index in [1.807, 2.05) is 65.2 Å². The molecule has 35 heavy (non-hydrogen) atoms. The van der Waals surface area contributed by atoms with Gasteiger partial charge in [0.05, 0.1) is 7.11 Å². The largest absolute Gasteiger partial charge is 0.496 e. The molecule has 0 bridgehead atoms. The zero-order valence-electron chi connectivity index (χ0n) is 19.7. The minimum Gasteiger partial charge on any atom is -0.496 e. The molecule has 4 rings (SSSR count). The number of halogens is 1. The molecule has 0 saturated heterocycles. The second-order valence-electron chi connectivity index (χ2n) is 8.08. The highest BCUT2D eigenvalue weighted by atomic mass is 35.5. The Morgan fingerprint density at radius 2 is 1.89 bits per heavy atom. The Hall–Kier alpha value is -3.29. The molecule has 4 aromatic rings. The average Bonchev–Trinajstić information content (AvgIpc) is 3.28. The van der Waals surface area contributed by atoms with Crippen molar-refractivity contribution in [3.63, 3.8) is 0 Å². The van der Waals surface area contributed by atoms with E-state index in [1.165, 1.54) is 0 Å². The van der Waals surface area contributed by atoms with Gasteiger partial charge in [-0.05, 0) is 48.4 Å². The highest BCUT2D eigenvalue weighted by Crippen LogP contribution is 2.27. The van der Waals surface area contributed by atoms with Crippen LogP contribution in [0.4, 0.5) is 0 Å². The second-order valence-corrected chi connectivity index (χ2v) is 9.46. The molecule has 0 fully saturated rings. The van der Waals surface area contributed by atoms with Crippen molar-refractivity contribution in [2.75, 3.05) is 7.11 Å². The topological polar surface area (TPSA) is 69.0 Å². The first kappa shape index (κ1) is 24.8. The molecule has 0 aliphatic carbocycles. The summed E-state index contributed by atoms with van der Waals surface area (Å²) in [7, 11) is 1.63. The van der Waals surface area contributed by atoms with Crippen LogP contribution in [0.15, 0.2) is 78.0 Å². The van der Waals surface area contributed by atoms with Crippen LogP contribution in [0.5, 0.6) is 5.75 Å². The summed E-state index contributed by atoms with van der Waals surface area (Å²) in [5.74, 6) is 2.16. The number of para-hydroxylation sites is 1. The van der Waals surface area contributed by atoms with Crippen molar-refractivity contribution < 1.29 is 9.53 Å². The van der Waals surface area contributed by atoms with Crippen molar-refractivity contribution in [3.05, 3.63) is 100 Å². The molecular weight excluding hydrogens is 480 g/mol. The van der Waals surface area contributed by atoms with Crippen molar-refractivity contribution in [2.24, 2.45) is 0 Å². The highest BCUT2D eigenvalue weighted by Gasteiger charge is 2.16. The quantitative estimate of drug-likeness (QED) is 0.276. The zero-order valence-corrected chi connectivity index (χ0v) is 21.3. The third-order valence-electron chi connectivity index (χ3n) is 5.46. The Morgan fingerprint density at radius 3 is 2.69 bits per heavy atom. The summed E-state index contributed by atoms with van der Waals surface area (Å²) in [5, 5.41) is 13.4. The predicted octanol–water partition coefficient (Wildman–Crippen LogP) is 5.78. The Labute approximate surface area is 214 Å². The van der Waals surface area contributed by atoms with Gasteiger partial charge in [-0.2, -0.15) is 0 Å². The van der Waals surface area contributed by atoms with Crippen molar-refractivity contribution in [1.82, 2.24) is 20.1 Å². The lowest BCUT2D eigenvalue weighted by Gasteiger charge is -2.12. The number of aryl methyl sites for hydroxylation is 2. The van der Waals surface area contributed by atoms with E-state index in [4.69, 9.17) is 16.3 Å². The van der Waals surface area contributed by atoms with Crippen LogP contribution in [0, 0.1) is 6.92 Å². The number of carbonyl (C=O) groups excluding carboxylic acids is 1. The number of aromatic nitrogens is 3. The maximum absolute atomic E-state index is 12.6. The van der Waals surface area contributed by atoms with Gasteiger partial charge in [-0.15, -0.1) is 10.2 Å². The van der Waals surface area contributed by atoms with Gasteiger partial charge in [-0.1, -0.05) is 65.8 Å². The lowest BCUT2D eigenvalue weighted by atomic mass is 10.2. The normalized spacial score (nSPS) is 10.8. The lowest BCUT2D eigenvalue weighted by molar-refractivity contribution is -0.121. The molecule has 180 valence electrons. The van der Waals surface area contributed by atoms with Crippen LogP contribution in [0.3, 0.4) is 0 Å². The Kier molecular flexibility index (Phi) is 8.45. The van der Waals surface area contributed by atoms with Crippen LogP contribution in [0.2, 0.25) is 5.02 Å². The maximum Gasteiger partial charge on any atom is 0.220 e. The number of hydrogen-bond acceptors (Lipinski definition) is 5. The summed E-state index contributed by atoms with van der Waals surface area (Å²) in [6.45, 7) is 2.46. The summed E-state index contributed by atoms with van der Waals surface area (Å²) >= 11 is 7.73. The minimum atomic E-state index is -0.0529. The van der Waals surface area contributed by atoms with E-state index >= 15 is 0 Å². The summed E-state index contributed by atoms with van der Waals surface area (Å²) in [5.41, 5.74) is 4.17. The van der Waals surface area contributed by atoms with E-state index in [2.05, 4.69) is 34.6 Å². The third-order valence-corrected chi connectivity index (χ3v) is 6.70. The van der Waals surface area contributed by atoms with Gasteiger partial charge in [-0.25, -0.2) is 0 Å². The Balaban J connectivity index is 1.47. The first-order valence-electron chi connectivity index (χ1n) is 11.3. The molecule has 3 aromatic carbocycles. The fourth-order valence-electron chi connectivity index (χ4n) is 3.71. The summed E-state index contributed by atoms with van der Waals surface area (Å²) in [6.07, 6.45) is 0.772. The molecule has 0 atom stereocenters. The summed E-state index contributed by atoms with van der Waals surface area (Å²) < 4.78 is 7.40. The van der Waals surface area contributed by atoms with Crippen LogP contribution < -0.4 is 10.1 Å². The Morgan fingerprint density at radius 1 is 1.06 bits per heavy atom. The van der Waals surface area contributed by atoms with Gasteiger partial charge in [0.2, 0.25) is 5.91 Å². The summed E-state index contributed by atoms with van der Waals surface area (Å²) in [4.78, 5) is 12.6. The molecule has 1 heterocycles. The molecule has 1 aromatic heterocycles. The Bertz CT molecular complexity index is 1310. The van der Waals surface area contributed by atoms with Gasteiger partial charge >= 0.3 is 0 Å². The number of ether oxygens (including phenoxy) is 1. The van der Waals surface area contributed by atoms with E-state index in [0.29, 0.717) is 30.2 Å². The molecule has 0 aliphatic rings. The minimum absolute atomic E-state index is 0.0529. The van der Waals surface area contributed by atoms with Crippen molar-refractivity contribution >= 4 is 29.3 Å². The third kappa shape index (κ3) is 6.65. The number of thioether (sulfide) groups is 1. The standard InChI is InChI=1S/C27H27ClN4O2S/c1-19-7-5-11-23(15-19)32-25(30-31-27(32)35-18-20-8-6-10-22(28)16-20)13-14-26(33)29-17-21-9-3-4-12-24(21)34-2/h3-12,15-16H,13-14,17-18H2,1-2H3,(H,29,33). The van der Waals surface area contributed by atoms with Crippen molar-refractivity contribution in [3.8, 4) is 11.4 Å². The molecule has 0 spiro atoms. The number of nitrogens with one attached hydrogen (secondary N) is 1. The predicted molar refractivity (Wildman–Crippen MR) is 140 cm³/mol. The molecule has 0 saturated carbocycles. The van der Waals surface area contributed by atoms with Crippen LogP contribution in [0.25, 0.3) is 5.69 Å². The van der Waals surface area contributed by atoms with Crippen molar-refractivity contribution in [2.45, 2.75) is 37.2 Å². The number of nitrogens with zero attached hydrogens (tertiary/aromatic N) is 3. The van der Waals surface area contributed by atoms with Gasteiger partial charge in [0.25, 0.3) is 0 Å². The molecule has 6 nitrogen and oxygen atoms in total. The number of rotatable bonds is 10. The second kappa shape index (κ2) is 11.9. The summed E-state index contributed by atoms with van der Waals surface area (Å²) in [6, 6.07) is 23.7. The van der Waals surface area contributed by atoms with Crippen LogP contribution in [-0.2, 0) is 23.5 Å². The molecule has 0 unspecified atom stereocenters. The fraction of sp³-hybridized carbons (Fsp3) is 0.222. The number of carbonyl (C=O) groups is 1. The van der Waals surface area contributed by atoms with Gasteiger partial charge in [0, 0.05) is 41.4 Å². The zero-order chi connectivity index (χ0) is 24.6. The maximum atomic E-state index is 12.6. The molecule has 0 radical (unpaired) electrons. The molecule has 8 heteroatoms. The lowest BCUT2D eigenvalue weighted by Crippen LogP contribution is -2.23. The van der Waals surface area contributed by atoms with Gasteiger partial charge in [0.1, 0.15) is 11.6 Å².